The Morgan fingerprint density at radius 3 is 2.57 bits per heavy atom. The summed E-state index contributed by atoms with van der Waals surface area (Å²) in [5.41, 5.74) is 0.568. The Balaban J connectivity index is 1.92. The third-order valence-corrected chi connectivity index (χ3v) is 4.72. The van der Waals surface area contributed by atoms with E-state index in [4.69, 9.17) is 5.11 Å². The van der Waals surface area contributed by atoms with Crippen LogP contribution in [0.1, 0.15) is 31.4 Å². The molecule has 0 saturated carbocycles. The number of amides is 1. The van der Waals surface area contributed by atoms with Gasteiger partial charge in [0.05, 0.1) is 12.6 Å². The minimum atomic E-state index is -0.902. The Bertz CT molecular complexity index is 545. The van der Waals surface area contributed by atoms with Crippen molar-refractivity contribution in [3.8, 4) is 0 Å². The van der Waals surface area contributed by atoms with Crippen LogP contribution in [0.25, 0.3) is 0 Å². The van der Waals surface area contributed by atoms with Gasteiger partial charge in [0.15, 0.2) is 11.6 Å². The predicted molar refractivity (Wildman–Crippen MR) is 83.8 cm³/mol. The number of rotatable bonds is 5. The molecule has 1 atom stereocenters. The molecule has 0 aliphatic carbocycles. The maximum atomic E-state index is 13.3. The van der Waals surface area contributed by atoms with Gasteiger partial charge in [0.1, 0.15) is 0 Å². The molecule has 6 heteroatoms. The fraction of sp³-hybridized carbons (Fsp3) is 0.588. The normalized spacial score (nSPS) is 18.0. The number of piperidine rings is 1. The largest absolute Gasteiger partial charge is 0.396 e. The molecule has 23 heavy (non-hydrogen) atoms. The van der Waals surface area contributed by atoms with E-state index in [1.807, 2.05) is 0 Å². The van der Waals surface area contributed by atoms with Crippen molar-refractivity contribution in [2.45, 2.75) is 25.8 Å². The number of halogens is 2. The van der Waals surface area contributed by atoms with Crippen molar-refractivity contribution >= 4 is 5.91 Å². The van der Waals surface area contributed by atoms with Crippen LogP contribution in [0.15, 0.2) is 18.2 Å². The van der Waals surface area contributed by atoms with Gasteiger partial charge in [-0.25, -0.2) is 8.78 Å². The van der Waals surface area contributed by atoms with Crippen molar-refractivity contribution in [2.75, 3.05) is 33.3 Å². The van der Waals surface area contributed by atoms with E-state index < -0.39 is 11.6 Å². The minimum absolute atomic E-state index is 0.0512. The van der Waals surface area contributed by atoms with E-state index in [-0.39, 0.29) is 18.6 Å². The Morgan fingerprint density at radius 2 is 2.00 bits per heavy atom. The molecule has 2 rings (SSSR count). The molecule has 128 valence electrons. The number of nitrogens with zero attached hydrogens (tertiary/aromatic N) is 2. The zero-order chi connectivity index (χ0) is 17.0. The number of carbonyl (C=O) groups excluding carboxylic acids is 1. The second kappa shape index (κ2) is 7.84. The second-order valence-corrected chi connectivity index (χ2v) is 6.26. The molecular formula is C17H24F2N2O2. The average Bonchev–Trinajstić information content (AvgIpc) is 2.56. The molecule has 1 aromatic carbocycles. The Hall–Kier alpha value is -1.53. The highest BCUT2D eigenvalue weighted by atomic mass is 19.2. The summed E-state index contributed by atoms with van der Waals surface area (Å²) in [6.07, 6.45) is 1.79. The van der Waals surface area contributed by atoms with Crippen LogP contribution in [0.5, 0.6) is 0 Å². The molecule has 0 radical (unpaired) electrons. The number of likely N-dealkylation sites (tertiary alicyclic amines) is 1. The number of aliphatic hydroxyl groups excluding tert-OH is 1. The van der Waals surface area contributed by atoms with Gasteiger partial charge in [-0.15, -0.1) is 0 Å². The van der Waals surface area contributed by atoms with Gasteiger partial charge in [-0.3, -0.25) is 9.69 Å². The number of aliphatic hydroxyl groups is 1. The smallest absolute Gasteiger partial charge is 0.236 e. The molecule has 1 aliphatic heterocycles. The van der Waals surface area contributed by atoms with Gasteiger partial charge in [0.2, 0.25) is 5.91 Å². The van der Waals surface area contributed by atoms with E-state index in [0.29, 0.717) is 18.0 Å². The molecule has 0 aromatic heterocycles. The van der Waals surface area contributed by atoms with E-state index in [9.17, 15) is 13.6 Å². The van der Waals surface area contributed by atoms with Gasteiger partial charge < -0.3 is 10.0 Å². The van der Waals surface area contributed by atoms with Crippen molar-refractivity contribution in [3.05, 3.63) is 35.4 Å². The first kappa shape index (κ1) is 17.8. The molecule has 4 nitrogen and oxygen atoms in total. The highest BCUT2D eigenvalue weighted by molar-refractivity contribution is 5.78. The van der Waals surface area contributed by atoms with Crippen LogP contribution in [-0.2, 0) is 4.79 Å². The Kier molecular flexibility index (Phi) is 6.07. The lowest BCUT2D eigenvalue weighted by molar-refractivity contribution is -0.133. The molecule has 1 fully saturated rings. The summed E-state index contributed by atoms with van der Waals surface area (Å²) in [4.78, 5) is 16.0. The Morgan fingerprint density at radius 1 is 1.35 bits per heavy atom. The minimum Gasteiger partial charge on any atom is -0.396 e. The van der Waals surface area contributed by atoms with Crippen molar-refractivity contribution < 1.29 is 18.7 Å². The zero-order valence-electron chi connectivity index (χ0n) is 13.6. The number of likely N-dealkylation sites (N-methyl/N-ethyl adjacent to an activating group) is 1. The highest BCUT2D eigenvalue weighted by Gasteiger charge is 2.24. The van der Waals surface area contributed by atoms with Crippen LogP contribution >= 0.6 is 0 Å². The summed E-state index contributed by atoms with van der Waals surface area (Å²) in [6, 6.07) is 3.39. The SMILES string of the molecule is CC(c1ccc(F)c(F)c1)N(C)C(=O)CN1CCC(CO)CC1. The predicted octanol–water partition coefficient (Wildman–Crippen LogP) is 2.19. The van der Waals surface area contributed by atoms with E-state index >= 15 is 0 Å². The number of hydrogen-bond donors (Lipinski definition) is 1. The molecule has 1 heterocycles. The number of hydrogen-bond acceptors (Lipinski definition) is 3. The molecule has 1 N–H and O–H groups in total. The maximum Gasteiger partial charge on any atom is 0.236 e. The van der Waals surface area contributed by atoms with Gasteiger partial charge in [-0.1, -0.05) is 6.07 Å². The monoisotopic (exact) mass is 326 g/mol. The summed E-state index contributed by atoms with van der Waals surface area (Å²) in [5.74, 6) is -1.51. The summed E-state index contributed by atoms with van der Waals surface area (Å²) in [6.45, 7) is 3.90. The van der Waals surface area contributed by atoms with Crippen molar-refractivity contribution in [1.82, 2.24) is 9.80 Å². The Labute approximate surface area is 135 Å². The summed E-state index contributed by atoms with van der Waals surface area (Å²) >= 11 is 0. The van der Waals surface area contributed by atoms with Crippen molar-refractivity contribution in [3.63, 3.8) is 0 Å². The quantitative estimate of drug-likeness (QED) is 0.902. The summed E-state index contributed by atoms with van der Waals surface area (Å²) in [5, 5.41) is 9.14. The van der Waals surface area contributed by atoms with Gasteiger partial charge in [-0.05, 0) is 56.5 Å². The molecular weight excluding hydrogens is 302 g/mol. The maximum absolute atomic E-state index is 13.3. The van der Waals surface area contributed by atoms with Gasteiger partial charge >= 0.3 is 0 Å². The molecule has 1 aliphatic rings. The molecule has 0 bridgehead atoms. The first-order valence-corrected chi connectivity index (χ1v) is 7.96. The highest BCUT2D eigenvalue weighted by Crippen LogP contribution is 2.22. The molecule has 1 unspecified atom stereocenters. The first-order valence-electron chi connectivity index (χ1n) is 7.96. The summed E-state index contributed by atoms with van der Waals surface area (Å²) < 4.78 is 26.4. The van der Waals surface area contributed by atoms with Crippen molar-refractivity contribution in [2.24, 2.45) is 5.92 Å². The summed E-state index contributed by atoms with van der Waals surface area (Å²) in [7, 11) is 1.68. The first-order chi connectivity index (χ1) is 10.9. The van der Waals surface area contributed by atoms with Crippen LogP contribution in [0.4, 0.5) is 8.78 Å². The molecule has 1 amide bonds. The van der Waals surface area contributed by atoms with Gasteiger partial charge in [0, 0.05) is 13.7 Å². The second-order valence-electron chi connectivity index (χ2n) is 6.26. The van der Waals surface area contributed by atoms with E-state index in [2.05, 4.69) is 4.90 Å². The van der Waals surface area contributed by atoms with E-state index in [1.165, 1.54) is 6.07 Å². The zero-order valence-corrected chi connectivity index (χ0v) is 13.6. The molecule has 0 spiro atoms. The lowest BCUT2D eigenvalue weighted by atomic mass is 9.98. The van der Waals surface area contributed by atoms with Crippen LogP contribution < -0.4 is 0 Å². The van der Waals surface area contributed by atoms with Gasteiger partial charge in [0.25, 0.3) is 0 Å². The third-order valence-electron chi connectivity index (χ3n) is 4.72. The van der Waals surface area contributed by atoms with Gasteiger partial charge in [-0.2, -0.15) is 0 Å². The fourth-order valence-electron chi connectivity index (χ4n) is 2.84. The van der Waals surface area contributed by atoms with Crippen LogP contribution in [0.2, 0.25) is 0 Å². The lowest BCUT2D eigenvalue weighted by Gasteiger charge is -2.33. The van der Waals surface area contributed by atoms with Crippen LogP contribution in [-0.4, -0.2) is 54.1 Å². The molecule has 1 saturated heterocycles. The fourth-order valence-corrected chi connectivity index (χ4v) is 2.84. The lowest BCUT2D eigenvalue weighted by Crippen LogP contribution is -2.43. The van der Waals surface area contributed by atoms with Crippen molar-refractivity contribution in [1.29, 1.82) is 0 Å². The molecule has 1 aromatic rings. The standard InChI is InChI=1S/C17H24F2N2O2/c1-12(14-3-4-15(18)16(19)9-14)20(2)17(23)10-21-7-5-13(11-22)6-8-21/h3-4,9,12-13,22H,5-8,10-11H2,1-2H3. The number of carbonyl (C=O) groups is 1. The number of benzene rings is 1. The topological polar surface area (TPSA) is 43.8 Å². The average molecular weight is 326 g/mol. The van der Waals surface area contributed by atoms with E-state index in [1.54, 1.807) is 18.9 Å². The van der Waals surface area contributed by atoms with E-state index in [0.717, 1.165) is 38.1 Å². The van der Waals surface area contributed by atoms with Crippen LogP contribution in [0.3, 0.4) is 0 Å². The third kappa shape index (κ3) is 4.48. The van der Waals surface area contributed by atoms with Crippen LogP contribution in [0, 0.1) is 17.6 Å².